The zero-order valence-corrected chi connectivity index (χ0v) is 13.2. The lowest BCUT2D eigenvalue weighted by molar-refractivity contribution is 0.0677. The van der Waals surface area contributed by atoms with Crippen LogP contribution in [0.5, 0.6) is 0 Å². The number of aromatic nitrogens is 2. The fraction of sp³-hybridized carbons (Fsp3) is 0.389. The van der Waals surface area contributed by atoms with Crippen LogP contribution in [0.25, 0.3) is 5.69 Å². The highest BCUT2D eigenvalue weighted by atomic mass is 16.2. The fourth-order valence-corrected chi connectivity index (χ4v) is 2.86. The van der Waals surface area contributed by atoms with E-state index in [9.17, 15) is 4.79 Å². The van der Waals surface area contributed by atoms with Gasteiger partial charge in [0.15, 0.2) is 0 Å². The number of hydrogen-bond acceptors (Lipinski definition) is 3. The van der Waals surface area contributed by atoms with Crippen LogP contribution >= 0.6 is 0 Å². The molecular weight excluding hydrogens is 288 g/mol. The molecule has 1 aromatic heterocycles. The van der Waals surface area contributed by atoms with Crippen molar-refractivity contribution in [3.05, 3.63) is 48.3 Å². The van der Waals surface area contributed by atoms with Crippen molar-refractivity contribution >= 4 is 5.91 Å². The van der Waals surface area contributed by atoms with Gasteiger partial charge in [-0.15, -0.1) is 0 Å². The van der Waals surface area contributed by atoms with E-state index in [1.807, 2.05) is 41.4 Å². The van der Waals surface area contributed by atoms with E-state index in [1.165, 1.54) is 12.8 Å². The van der Waals surface area contributed by atoms with Crippen LogP contribution in [0.2, 0.25) is 0 Å². The van der Waals surface area contributed by atoms with Gasteiger partial charge in [0, 0.05) is 30.5 Å². The Morgan fingerprint density at radius 1 is 1.48 bits per heavy atom. The predicted octanol–water partition coefficient (Wildman–Crippen LogP) is 3.03. The van der Waals surface area contributed by atoms with Crippen LogP contribution in [-0.4, -0.2) is 33.2 Å². The van der Waals surface area contributed by atoms with E-state index in [-0.39, 0.29) is 11.9 Å². The lowest BCUT2D eigenvalue weighted by Crippen LogP contribution is -2.40. The van der Waals surface area contributed by atoms with E-state index in [4.69, 9.17) is 5.26 Å². The average Bonchev–Trinajstić information content (AvgIpc) is 3.29. The first-order valence-corrected chi connectivity index (χ1v) is 7.98. The molecule has 1 amide bonds. The first kappa shape index (κ1) is 15.3. The summed E-state index contributed by atoms with van der Waals surface area (Å²) in [6.45, 7) is 2.57. The zero-order valence-electron chi connectivity index (χ0n) is 13.2. The Hall–Kier alpha value is -2.61. The number of carbonyl (C=O) groups excluding carboxylic acids is 1. The number of nitriles is 1. The molecule has 0 aliphatic heterocycles. The molecule has 1 aliphatic rings. The van der Waals surface area contributed by atoms with Crippen molar-refractivity contribution in [2.75, 3.05) is 6.54 Å². The van der Waals surface area contributed by atoms with Gasteiger partial charge in [-0.25, -0.2) is 4.68 Å². The third kappa shape index (κ3) is 3.42. The summed E-state index contributed by atoms with van der Waals surface area (Å²) in [5, 5.41) is 13.1. The number of amides is 1. The van der Waals surface area contributed by atoms with Crippen LogP contribution < -0.4 is 0 Å². The van der Waals surface area contributed by atoms with Crippen LogP contribution in [-0.2, 0) is 0 Å². The molecule has 3 rings (SSSR count). The molecule has 118 valence electrons. The number of hydrogen-bond donors (Lipinski definition) is 0. The van der Waals surface area contributed by atoms with E-state index < -0.39 is 0 Å². The van der Waals surface area contributed by atoms with Crippen molar-refractivity contribution in [1.29, 1.82) is 5.26 Å². The molecule has 0 radical (unpaired) electrons. The summed E-state index contributed by atoms with van der Waals surface area (Å²) in [6.07, 6.45) is 6.27. The van der Waals surface area contributed by atoms with E-state index in [2.05, 4.69) is 18.1 Å². The summed E-state index contributed by atoms with van der Waals surface area (Å²) >= 11 is 0. The normalized spacial score (nSPS) is 15.0. The molecule has 0 bridgehead atoms. The number of carbonyl (C=O) groups is 1. The van der Waals surface area contributed by atoms with Crippen molar-refractivity contribution in [3.8, 4) is 11.8 Å². The van der Waals surface area contributed by atoms with Crippen molar-refractivity contribution in [2.24, 2.45) is 5.92 Å². The monoisotopic (exact) mass is 308 g/mol. The minimum absolute atomic E-state index is 0.00587. The molecule has 5 heteroatoms. The molecule has 1 fully saturated rings. The molecule has 0 saturated heterocycles. The molecule has 5 nitrogen and oxygen atoms in total. The third-order valence-electron chi connectivity index (χ3n) is 4.38. The van der Waals surface area contributed by atoms with Crippen LogP contribution in [0.1, 0.15) is 36.5 Å². The summed E-state index contributed by atoms with van der Waals surface area (Å²) in [4.78, 5) is 14.8. The largest absolute Gasteiger partial charge is 0.335 e. The molecule has 2 aromatic rings. The topological polar surface area (TPSA) is 61.9 Å². The standard InChI is InChI=1S/C18H20N4O/c1-14(15-7-8-15)21(11-3-9-19)18(23)16-5-2-6-17(13-16)22-12-4-10-20-22/h2,4-6,10,12-15H,3,7-8,11H2,1H3. The summed E-state index contributed by atoms with van der Waals surface area (Å²) in [5.74, 6) is 0.570. The number of benzene rings is 1. The Bertz CT molecular complexity index is 713. The van der Waals surface area contributed by atoms with Gasteiger partial charge < -0.3 is 4.90 Å². The van der Waals surface area contributed by atoms with E-state index in [0.29, 0.717) is 24.4 Å². The summed E-state index contributed by atoms with van der Waals surface area (Å²) in [5.41, 5.74) is 1.50. The highest BCUT2D eigenvalue weighted by Gasteiger charge is 2.34. The maximum absolute atomic E-state index is 12.9. The van der Waals surface area contributed by atoms with Gasteiger partial charge in [0.25, 0.3) is 5.91 Å². The van der Waals surface area contributed by atoms with E-state index >= 15 is 0 Å². The molecule has 1 aromatic carbocycles. The van der Waals surface area contributed by atoms with Gasteiger partial charge in [-0.1, -0.05) is 6.07 Å². The SMILES string of the molecule is CC(C1CC1)N(CCC#N)C(=O)c1cccc(-n2cccn2)c1. The van der Waals surface area contributed by atoms with Crippen LogP contribution in [0, 0.1) is 17.2 Å². The molecular formula is C18H20N4O. The van der Waals surface area contributed by atoms with Crippen LogP contribution in [0.3, 0.4) is 0 Å². The third-order valence-corrected chi connectivity index (χ3v) is 4.38. The Kier molecular flexibility index (Phi) is 4.42. The van der Waals surface area contributed by atoms with Gasteiger partial charge in [-0.3, -0.25) is 4.79 Å². The molecule has 0 N–H and O–H groups in total. The van der Waals surface area contributed by atoms with Gasteiger partial charge in [0.2, 0.25) is 0 Å². The van der Waals surface area contributed by atoms with Gasteiger partial charge >= 0.3 is 0 Å². The second kappa shape index (κ2) is 6.66. The van der Waals surface area contributed by atoms with Gasteiger partial charge in [-0.2, -0.15) is 10.4 Å². The smallest absolute Gasteiger partial charge is 0.254 e. The lowest BCUT2D eigenvalue weighted by atomic mass is 10.1. The summed E-state index contributed by atoms with van der Waals surface area (Å²) < 4.78 is 1.74. The van der Waals surface area contributed by atoms with Crippen molar-refractivity contribution in [2.45, 2.75) is 32.2 Å². The number of nitrogens with zero attached hydrogens (tertiary/aromatic N) is 4. The second-order valence-corrected chi connectivity index (χ2v) is 5.99. The van der Waals surface area contributed by atoms with Crippen molar-refractivity contribution < 1.29 is 4.79 Å². The summed E-state index contributed by atoms with van der Waals surface area (Å²) in [7, 11) is 0. The number of rotatable bonds is 6. The minimum Gasteiger partial charge on any atom is -0.335 e. The Labute approximate surface area is 136 Å². The molecule has 1 saturated carbocycles. The maximum Gasteiger partial charge on any atom is 0.254 e. The average molecular weight is 308 g/mol. The molecule has 0 spiro atoms. The minimum atomic E-state index is -0.00587. The zero-order chi connectivity index (χ0) is 16.2. The maximum atomic E-state index is 12.9. The lowest BCUT2D eigenvalue weighted by Gasteiger charge is -2.29. The van der Waals surface area contributed by atoms with E-state index in [1.54, 1.807) is 10.9 Å². The highest BCUT2D eigenvalue weighted by Crippen LogP contribution is 2.35. The first-order valence-electron chi connectivity index (χ1n) is 7.98. The Morgan fingerprint density at radius 2 is 2.30 bits per heavy atom. The fourth-order valence-electron chi connectivity index (χ4n) is 2.86. The van der Waals surface area contributed by atoms with E-state index in [0.717, 1.165) is 5.69 Å². The Morgan fingerprint density at radius 3 is 2.96 bits per heavy atom. The van der Waals surface area contributed by atoms with Crippen molar-refractivity contribution in [3.63, 3.8) is 0 Å². The molecule has 1 heterocycles. The highest BCUT2D eigenvalue weighted by molar-refractivity contribution is 5.95. The molecule has 23 heavy (non-hydrogen) atoms. The molecule has 1 atom stereocenters. The van der Waals surface area contributed by atoms with Gasteiger partial charge in [0.1, 0.15) is 0 Å². The van der Waals surface area contributed by atoms with Gasteiger partial charge in [0.05, 0.1) is 18.2 Å². The van der Waals surface area contributed by atoms with Crippen LogP contribution in [0.15, 0.2) is 42.7 Å². The summed E-state index contributed by atoms with van der Waals surface area (Å²) in [6, 6.07) is 11.7. The second-order valence-electron chi connectivity index (χ2n) is 5.99. The predicted molar refractivity (Wildman–Crippen MR) is 87.0 cm³/mol. The molecule has 1 unspecified atom stereocenters. The quantitative estimate of drug-likeness (QED) is 0.824. The Balaban J connectivity index is 1.84. The first-order chi connectivity index (χ1) is 11.2. The molecule has 1 aliphatic carbocycles. The van der Waals surface area contributed by atoms with Crippen LogP contribution in [0.4, 0.5) is 0 Å². The van der Waals surface area contributed by atoms with Crippen molar-refractivity contribution in [1.82, 2.24) is 14.7 Å². The van der Waals surface area contributed by atoms with Gasteiger partial charge in [-0.05, 0) is 49.9 Å².